The summed E-state index contributed by atoms with van der Waals surface area (Å²) in [5.74, 6) is 1.32. The van der Waals surface area contributed by atoms with Gasteiger partial charge < -0.3 is 19.3 Å². The Balaban J connectivity index is 1.61. The Kier molecular flexibility index (Phi) is 5.33. The monoisotopic (exact) mass is 345 g/mol. The Labute approximate surface area is 146 Å². The van der Waals surface area contributed by atoms with Crippen LogP contribution in [-0.4, -0.2) is 51.4 Å². The summed E-state index contributed by atoms with van der Waals surface area (Å²) >= 11 is 0. The summed E-state index contributed by atoms with van der Waals surface area (Å²) in [6.07, 6.45) is 3.66. The van der Waals surface area contributed by atoms with Gasteiger partial charge in [-0.25, -0.2) is 0 Å². The Bertz CT molecular complexity index is 697. The normalized spacial score (nSPS) is 21.0. The van der Waals surface area contributed by atoms with E-state index < -0.39 is 6.10 Å². The Morgan fingerprint density at radius 3 is 2.88 bits per heavy atom. The van der Waals surface area contributed by atoms with Crippen LogP contribution in [-0.2, 0) is 11.2 Å². The van der Waals surface area contributed by atoms with Gasteiger partial charge >= 0.3 is 0 Å². The van der Waals surface area contributed by atoms with Crippen molar-refractivity contribution in [3.05, 3.63) is 41.5 Å². The number of hydrogen-bond acceptors (Lipinski definition) is 6. The largest absolute Gasteiger partial charge is 0.486 e. The highest BCUT2D eigenvalue weighted by Gasteiger charge is 2.29. The van der Waals surface area contributed by atoms with Crippen LogP contribution in [0.3, 0.4) is 0 Å². The maximum absolute atomic E-state index is 12.6. The molecule has 1 fully saturated rings. The average molecular weight is 345 g/mol. The standard InChI is InChI=1S/C18H23N3O4/c1-12-15(13(2)25-20-12)10-18(23)21-8-5-16(22)17(6-9-21)24-14-4-3-7-19-11-14/h3-4,7,11,16-17,22H,5-6,8-10H2,1-2H3/t16-,17-/m0/s1. The number of carbonyl (C=O) groups is 1. The summed E-state index contributed by atoms with van der Waals surface area (Å²) in [6, 6.07) is 3.60. The molecule has 1 saturated heterocycles. The zero-order valence-electron chi connectivity index (χ0n) is 14.5. The van der Waals surface area contributed by atoms with E-state index in [1.807, 2.05) is 19.9 Å². The molecule has 1 amide bonds. The first-order valence-corrected chi connectivity index (χ1v) is 8.49. The minimum absolute atomic E-state index is 0.0172. The number of rotatable bonds is 4. The fourth-order valence-corrected chi connectivity index (χ4v) is 3.06. The Morgan fingerprint density at radius 2 is 2.20 bits per heavy atom. The molecule has 25 heavy (non-hydrogen) atoms. The molecule has 0 radical (unpaired) electrons. The van der Waals surface area contributed by atoms with Gasteiger partial charge in [0.1, 0.15) is 17.6 Å². The number of aryl methyl sites for hydroxylation is 2. The summed E-state index contributed by atoms with van der Waals surface area (Å²) < 4.78 is 11.0. The molecular formula is C18H23N3O4. The van der Waals surface area contributed by atoms with Crippen molar-refractivity contribution in [3.63, 3.8) is 0 Å². The van der Waals surface area contributed by atoms with Crippen molar-refractivity contribution in [2.45, 2.75) is 45.3 Å². The lowest BCUT2D eigenvalue weighted by Gasteiger charge is -2.21. The quantitative estimate of drug-likeness (QED) is 0.906. The minimum atomic E-state index is -0.614. The van der Waals surface area contributed by atoms with Gasteiger partial charge in [0, 0.05) is 31.3 Å². The Morgan fingerprint density at radius 1 is 1.40 bits per heavy atom. The Hall–Kier alpha value is -2.41. The summed E-state index contributed by atoms with van der Waals surface area (Å²) in [6.45, 7) is 4.70. The van der Waals surface area contributed by atoms with Crippen molar-refractivity contribution in [1.82, 2.24) is 15.0 Å². The molecule has 0 saturated carbocycles. The number of aliphatic hydroxyl groups excluding tert-OH is 1. The third-order valence-corrected chi connectivity index (χ3v) is 4.59. The zero-order chi connectivity index (χ0) is 17.8. The fraction of sp³-hybridized carbons (Fsp3) is 0.500. The molecule has 1 aliphatic heterocycles. The third-order valence-electron chi connectivity index (χ3n) is 4.59. The summed E-state index contributed by atoms with van der Waals surface area (Å²) in [5, 5.41) is 14.2. The molecule has 2 aromatic heterocycles. The van der Waals surface area contributed by atoms with Gasteiger partial charge in [0.05, 0.1) is 24.4 Å². The van der Waals surface area contributed by atoms with Crippen molar-refractivity contribution in [3.8, 4) is 5.75 Å². The summed E-state index contributed by atoms with van der Waals surface area (Å²) in [4.78, 5) is 18.4. The van der Waals surface area contributed by atoms with E-state index in [0.29, 0.717) is 37.4 Å². The number of hydrogen-bond donors (Lipinski definition) is 1. The number of pyridine rings is 1. The maximum atomic E-state index is 12.6. The van der Waals surface area contributed by atoms with Crippen LogP contribution in [0.5, 0.6) is 5.75 Å². The third kappa shape index (κ3) is 4.17. The van der Waals surface area contributed by atoms with Crippen LogP contribution in [0.2, 0.25) is 0 Å². The van der Waals surface area contributed by atoms with E-state index in [2.05, 4.69) is 10.1 Å². The predicted molar refractivity (Wildman–Crippen MR) is 90.2 cm³/mol. The van der Waals surface area contributed by atoms with Crippen LogP contribution >= 0.6 is 0 Å². The van der Waals surface area contributed by atoms with E-state index in [1.54, 1.807) is 23.4 Å². The van der Waals surface area contributed by atoms with E-state index in [4.69, 9.17) is 9.26 Å². The van der Waals surface area contributed by atoms with Crippen LogP contribution in [0.25, 0.3) is 0 Å². The van der Waals surface area contributed by atoms with E-state index >= 15 is 0 Å². The first kappa shape index (κ1) is 17.4. The average Bonchev–Trinajstić information content (AvgIpc) is 2.81. The van der Waals surface area contributed by atoms with Gasteiger partial charge in [0.25, 0.3) is 0 Å². The number of aromatic nitrogens is 2. The molecule has 0 unspecified atom stereocenters. The zero-order valence-corrected chi connectivity index (χ0v) is 14.5. The first-order chi connectivity index (χ1) is 12.0. The van der Waals surface area contributed by atoms with E-state index in [0.717, 1.165) is 11.3 Å². The van der Waals surface area contributed by atoms with Crippen LogP contribution in [0.4, 0.5) is 0 Å². The van der Waals surface area contributed by atoms with E-state index in [-0.39, 0.29) is 18.4 Å². The number of ether oxygens (including phenoxy) is 1. The molecule has 0 spiro atoms. The summed E-state index contributed by atoms with van der Waals surface area (Å²) in [5.41, 5.74) is 1.59. The molecule has 1 aliphatic rings. The number of nitrogens with zero attached hydrogens (tertiary/aromatic N) is 3. The first-order valence-electron chi connectivity index (χ1n) is 8.49. The maximum Gasteiger partial charge on any atom is 0.227 e. The van der Waals surface area contributed by atoms with Crippen molar-refractivity contribution >= 4 is 5.91 Å². The predicted octanol–water partition coefficient (Wildman–Crippen LogP) is 1.66. The highest BCUT2D eigenvalue weighted by atomic mass is 16.5. The highest BCUT2D eigenvalue weighted by Crippen LogP contribution is 2.20. The second-order valence-corrected chi connectivity index (χ2v) is 6.35. The molecule has 0 aromatic carbocycles. The molecule has 3 heterocycles. The van der Waals surface area contributed by atoms with Crippen LogP contribution in [0.15, 0.2) is 29.0 Å². The highest BCUT2D eigenvalue weighted by molar-refractivity contribution is 5.79. The van der Waals surface area contributed by atoms with Crippen LogP contribution in [0.1, 0.15) is 29.9 Å². The van der Waals surface area contributed by atoms with Gasteiger partial charge in [-0.05, 0) is 32.4 Å². The van der Waals surface area contributed by atoms with Gasteiger partial charge in [-0.15, -0.1) is 0 Å². The fourth-order valence-electron chi connectivity index (χ4n) is 3.06. The van der Waals surface area contributed by atoms with Gasteiger partial charge in [0.15, 0.2) is 0 Å². The van der Waals surface area contributed by atoms with Crippen LogP contribution < -0.4 is 4.74 Å². The van der Waals surface area contributed by atoms with Gasteiger partial charge in [0.2, 0.25) is 5.91 Å². The van der Waals surface area contributed by atoms with Crippen molar-refractivity contribution in [1.29, 1.82) is 0 Å². The molecule has 0 bridgehead atoms. The lowest BCUT2D eigenvalue weighted by atomic mass is 10.1. The lowest BCUT2D eigenvalue weighted by molar-refractivity contribution is -0.130. The van der Waals surface area contributed by atoms with E-state index in [1.165, 1.54) is 0 Å². The smallest absolute Gasteiger partial charge is 0.227 e. The molecule has 1 N–H and O–H groups in total. The molecule has 2 aromatic rings. The molecule has 2 atom stereocenters. The lowest BCUT2D eigenvalue weighted by Crippen LogP contribution is -2.34. The molecule has 3 rings (SSSR count). The van der Waals surface area contributed by atoms with Crippen molar-refractivity contribution in [2.75, 3.05) is 13.1 Å². The second kappa shape index (κ2) is 7.65. The minimum Gasteiger partial charge on any atom is -0.486 e. The molecular weight excluding hydrogens is 322 g/mol. The SMILES string of the molecule is Cc1noc(C)c1CC(=O)N1CC[C@H](Oc2cccnc2)[C@@H](O)CC1. The number of carbonyl (C=O) groups excluding carboxylic acids is 1. The van der Waals surface area contributed by atoms with Gasteiger partial charge in [-0.1, -0.05) is 5.16 Å². The molecule has 7 heteroatoms. The second-order valence-electron chi connectivity index (χ2n) is 6.35. The molecule has 134 valence electrons. The van der Waals surface area contributed by atoms with Crippen LogP contribution in [0, 0.1) is 13.8 Å². The van der Waals surface area contributed by atoms with Gasteiger partial charge in [-0.2, -0.15) is 0 Å². The number of likely N-dealkylation sites (tertiary alicyclic amines) is 1. The molecule has 0 aliphatic carbocycles. The number of aliphatic hydroxyl groups is 1. The topological polar surface area (TPSA) is 88.7 Å². The summed E-state index contributed by atoms with van der Waals surface area (Å²) in [7, 11) is 0. The van der Waals surface area contributed by atoms with Gasteiger partial charge in [-0.3, -0.25) is 9.78 Å². The van der Waals surface area contributed by atoms with Crippen molar-refractivity contribution < 1.29 is 19.2 Å². The van der Waals surface area contributed by atoms with Crippen molar-refractivity contribution in [2.24, 2.45) is 0 Å². The molecule has 7 nitrogen and oxygen atoms in total. The van der Waals surface area contributed by atoms with E-state index in [9.17, 15) is 9.90 Å². The number of amides is 1.